The number of rotatable bonds is 11. The molecule has 0 N–H and O–H groups in total. The van der Waals surface area contributed by atoms with Crippen LogP contribution in [-0.4, -0.2) is 29.7 Å². The van der Waals surface area contributed by atoms with Gasteiger partial charge in [-0.05, 0) is 72.9 Å². The fourth-order valence-electron chi connectivity index (χ4n) is 5.84. The van der Waals surface area contributed by atoms with Crippen molar-refractivity contribution in [1.82, 2.24) is 4.57 Å². The molecule has 0 fully saturated rings. The van der Waals surface area contributed by atoms with Crippen LogP contribution in [0.4, 0.5) is 0 Å². The van der Waals surface area contributed by atoms with Gasteiger partial charge in [0.25, 0.3) is 5.56 Å². The zero-order valence-electron chi connectivity index (χ0n) is 28.7. The van der Waals surface area contributed by atoms with Crippen LogP contribution in [0.2, 0.25) is 5.02 Å². The second kappa shape index (κ2) is 15.7. The Morgan fingerprint density at radius 1 is 0.902 bits per heavy atom. The number of fused-ring (bicyclic) bond motifs is 1. The fraction of sp³-hybridized carbons (Fsp3) is 0.220. The van der Waals surface area contributed by atoms with Crippen molar-refractivity contribution in [3.8, 4) is 5.75 Å². The molecule has 4 aromatic carbocycles. The third-order valence-corrected chi connectivity index (χ3v) is 9.63. The molecule has 0 unspecified atom stereocenters. The van der Waals surface area contributed by atoms with Gasteiger partial charge in [-0.3, -0.25) is 9.36 Å². The van der Waals surface area contributed by atoms with Gasteiger partial charge >= 0.3 is 11.9 Å². The van der Waals surface area contributed by atoms with E-state index in [9.17, 15) is 14.4 Å². The monoisotopic (exact) mass is 720 g/mol. The summed E-state index contributed by atoms with van der Waals surface area (Å²) in [5.74, 6) is -0.101. The van der Waals surface area contributed by atoms with Crippen molar-refractivity contribution < 1.29 is 23.8 Å². The predicted octanol–water partition coefficient (Wildman–Crippen LogP) is 7.47. The van der Waals surface area contributed by atoms with E-state index in [0.29, 0.717) is 55.0 Å². The van der Waals surface area contributed by atoms with E-state index in [1.807, 2.05) is 54.6 Å². The second-order valence-electron chi connectivity index (χ2n) is 12.1. The van der Waals surface area contributed by atoms with Crippen LogP contribution in [0.1, 0.15) is 77.8 Å². The molecule has 10 heteroatoms. The Balaban J connectivity index is 1.46. The maximum absolute atomic E-state index is 14.5. The Labute approximate surface area is 304 Å². The summed E-state index contributed by atoms with van der Waals surface area (Å²) in [6.45, 7) is 8.43. The number of esters is 2. The van der Waals surface area contributed by atoms with Gasteiger partial charge in [-0.2, -0.15) is 0 Å². The van der Waals surface area contributed by atoms with Gasteiger partial charge in [0.1, 0.15) is 12.4 Å². The van der Waals surface area contributed by atoms with E-state index in [4.69, 9.17) is 30.8 Å². The molecule has 260 valence electrons. The number of hydrogen-bond acceptors (Lipinski definition) is 8. The normalized spacial score (nSPS) is 14.2. The Morgan fingerprint density at radius 3 is 2.25 bits per heavy atom. The molecule has 2 heterocycles. The fourth-order valence-corrected chi connectivity index (χ4v) is 7.01. The van der Waals surface area contributed by atoms with Crippen LogP contribution in [0.25, 0.3) is 11.8 Å². The van der Waals surface area contributed by atoms with Gasteiger partial charge in [-0.25, -0.2) is 14.6 Å². The van der Waals surface area contributed by atoms with Crippen LogP contribution in [0, 0.1) is 0 Å². The minimum Gasteiger partial charge on any atom is -0.488 e. The molecular weight excluding hydrogens is 684 g/mol. The average molecular weight is 721 g/mol. The van der Waals surface area contributed by atoms with Crippen LogP contribution in [0.5, 0.6) is 5.75 Å². The second-order valence-corrected chi connectivity index (χ2v) is 13.6. The van der Waals surface area contributed by atoms with Gasteiger partial charge in [-0.15, -0.1) is 0 Å². The summed E-state index contributed by atoms with van der Waals surface area (Å²) in [5, 5.41) is 0.472. The molecular formula is C41H37ClN2O6S. The molecule has 6 rings (SSSR count). The lowest BCUT2D eigenvalue weighted by Gasteiger charge is -2.26. The number of carbonyl (C=O) groups excluding carboxylic acids is 2. The number of thiazole rings is 1. The summed E-state index contributed by atoms with van der Waals surface area (Å²) >= 11 is 7.67. The zero-order chi connectivity index (χ0) is 36.1. The summed E-state index contributed by atoms with van der Waals surface area (Å²) in [6.07, 6.45) is 1.74. The molecule has 51 heavy (non-hydrogen) atoms. The van der Waals surface area contributed by atoms with Gasteiger partial charge in [0.2, 0.25) is 0 Å². The first kappa shape index (κ1) is 35.6. The predicted molar refractivity (Wildman–Crippen MR) is 200 cm³/mol. The van der Waals surface area contributed by atoms with Crippen molar-refractivity contribution in [2.24, 2.45) is 4.99 Å². The van der Waals surface area contributed by atoms with Gasteiger partial charge in [0.15, 0.2) is 4.80 Å². The molecule has 1 aliphatic heterocycles. The lowest BCUT2D eigenvalue weighted by molar-refractivity contribution is -0.138. The lowest BCUT2D eigenvalue weighted by atomic mass is 9.91. The summed E-state index contributed by atoms with van der Waals surface area (Å²) in [6, 6.07) is 28.9. The maximum Gasteiger partial charge on any atom is 0.338 e. The Hall–Kier alpha value is -5.25. The summed E-state index contributed by atoms with van der Waals surface area (Å²) in [7, 11) is 0. The standard InChI is InChI=1S/C41H37ClN2O6S/c1-5-48-39(46)30-14-12-26(13-15-30)24-50-33-21-20-32(42)22-31(33)23-34-38(45)44-37(29-18-16-27(17-19-29)25(3)4)35(40(47)49-6-2)36(43-41(44)51-34)28-10-8-7-9-11-28/h7-23,25,37H,5-6,24H2,1-4H3/b34-23-/t37-/m0/s1. The molecule has 0 spiro atoms. The number of benzene rings is 4. The Bertz CT molecular complexity index is 2270. The zero-order valence-corrected chi connectivity index (χ0v) is 30.3. The quantitative estimate of drug-likeness (QED) is 0.132. The van der Waals surface area contributed by atoms with Crippen molar-refractivity contribution in [3.63, 3.8) is 0 Å². The largest absolute Gasteiger partial charge is 0.488 e. The average Bonchev–Trinajstić information content (AvgIpc) is 3.45. The molecule has 5 aromatic rings. The van der Waals surface area contributed by atoms with Gasteiger partial charge in [0, 0.05) is 16.1 Å². The highest BCUT2D eigenvalue weighted by Crippen LogP contribution is 2.36. The highest BCUT2D eigenvalue weighted by atomic mass is 35.5. The minimum atomic E-state index is -0.786. The molecule has 0 amide bonds. The topological polar surface area (TPSA) is 96.2 Å². The number of halogens is 1. The first-order chi connectivity index (χ1) is 24.7. The smallest absolute Gasteiger partial charge is 0.338 e. The molecule has 1 aliphatic rings. The van der Waals surface area contributed by atoms with E-state index in [2.05, 4.69) is 13.8 Å². The van der Waals surface area contributed by atoms with E-state index in [1.165, 1.54) is 11.3 Å². The molecule has 0 bridgehead atoms. The van der Waals surface area contributed by atoms with Crippen molar-refractivity contribution in [2.45, 2.75) is 46.3 Å². The van der Waals surface area contributed by atoms with Gasteiger partial charge < -0.3 is 14.2 Å². The Morgan fingerprint density at radius 2 is 1.59 bits per heavy atom. The van der Waals surface area contributed by atoms with E-state index >= 15 is 0 Å². The number of ether oxygens (including phenoxy) is 3. The van der Waals surface area contributed by atoms with E-state index in [0.717, 1.165) is 22.3 Å². The van der Waals surface area contributed by atoms with Crippen molar-refractivity contribution in [3.05, 3.63) is 161 Å². The van der Waals surface area contributed by atoms with Crippen LogP contribution in [-0.2, 0) is 20.9 Å². The molecule has 0 radical (unpaired) electrons. The van der Waals surface area contributed by atoms with Crippen molar-refractivity contribution >= 4 is 46.6 Å². The molecule has 8 nitrogen and oxygen atoms in total. The van der Waals surface area contributed by atoms with Crippen LogP contribution >= 0.6 is 22.9 Å². The SMILES string of the molecule is CCOC(=O)C1=C(c2ccccc2)N=c2s/c(=C\c3cc(Cl)ccc3OCc3ccc(C(=O)OCC)cc3)c(=O)n2[C@H]1c1ccc(C(C)C)cc1. The third-order valence-electron chi connectivity index (χ3n) is 8.41. The number of nitrogens with zero attached hydrogens (tertiary/aromatic N) is 2. The molecule has 0 aliphatic carbocycles. The van der Waals surface area contributed by atoms with E-state index in [-0.39, 0.29) is 24.7 Å². The highest BCUT2D eigenvalue weighted by Gasteiger charge is 2.35. The van der Waals surface area contributed by atoms with Crippen molar-refractivity contribution in [1.29, 1.82) is 0 Å². The van der Waals surface area contributed by atoms with Gasteiger partial charge in [0.05, 0.1) is 40.6 Å². The highest BCUT2D eigenvalue weighted by molar-refractivity contribution is 7.07. The van der Waals surface area contributed by atoms with Gasteiger partial charge in [-0.1, -0.05) is 104 Å². The van der Waals surface area contributed by atoms with Crippen molar-refractivity contribution in [2.75, 3.05) is 13.2 Å². The number of aromatic nitrogens is 1. The van der Waals surface area contributed by atoms with Crippen LogP contribution in [0.3, 0.4) is 0 Å². The van der Waals surface area contributed by atoms with E-state index < -0.39 is 12.0 Å². The first-order valence-electron chi connectivity index (χ1n) is 16.7. The first-order valence-corrected chi connectivity index (χ1v) is 17.9. The summed E-state index contributed by atoms with van der Waals surface area (Å²) in [4.78, 5) is 45.7. The molecule has 1 aromatic heterocycles. The van der Waals surface area contributed by atoms with Crippen LogP contribution < -0.4 is 19.6 Å². The van der Waals surface area contributed by atoms with E-state index in [1.54, 1.807) is 67.0 Å². The maximum atomic E-state index is 14.5. The number of hydrogen-bond donors (Lipinski definition) is 0. The third kappa shape index (κ3) is 7.75. The Kier molecular flexibility index (Phi) is 11.0. The molecule has 1 atom stereocenters. The molecule has 0 saturated carbocycles. The summed E-state index contributed by atoms with van der Waals surface area (Å²) in [5.41, 5.74) is 4.97. The lowest BCUT2D eigenvalue weighted by Crippen LogP contribution is -2.40. The number of carbonyl (C=O) groups is 2. The van der Waals surface area contributed by atoms with Crippen LogP contribution in [0.15, 0.2) is 112 Å². The molecule has 0 saturated heterocycles. The minimum absolute atomic E-state index is 0.168. The summed E-state index contributed by atoms with van der Waals surface area (Å²) < 4.78 is 18.8.